The van der Waals surface area contributed by atoms with Gasteiger partial charge >= 0.3 is 6.03 Å². The molecule has 1 aliphatic heterocycles. The van der Waals surface area contributed by atoms with Crippen LogP contribution >= 0.6 is 11.6 Å². The molecule has 4 rings (SSSR count). The Hall–Kier alpha value is -2.33. The van der Waals surface area contributed by atoms with Gasteiger partial charge in [-0.25, -0.2) is 17.6 Å². The van der Waals surface area contributed by atoms with Crippen LogP contribution in [0.1, 0.15) is 18.5 Å². The van der Waals surface area contributed by atoms with E-state index in [1.807, 2.05) is 0 Å². The average Bonchev–Trinajstić information content (AvgIpc) is 3.39. The van der Waals surface area contributed by atoms with Crippen LogP contribution in [0.15, 0.2) is 24.3 Å². The van der Waals surface area contributed by atoms with E-state index in [9.17, 15) is 17.6 Å². The van der Waals surface area contributed by atoms with Crippen molar-refractivity contribution in [3.63, 3.8) is 0 Å². The van der Waals surface area contributed by atoms with E-state index in [4.69, 9.17) is 11.6 Å². The second-order valence-corrected chi connectivity index (χ2v) is 8.94. The van der Waals surface area contributed by atoms with Gasteiger partial charge in [0.15, 0.2) is 5.82 Å². The molecule has 27 heavy (non-hydrogen) atoms. The molecule has 11 heteroatoms. The zero-order valence-electron chi connectivity index (χ0n) is 14.2. The van der Waals surface area contributed by atoms with Gasteiger partial charge in [-0.15, -0.1) is 0 Å². The van der Waals surface area contributed by atoms with E-state index in [1.54, 1.807) is 15.6 Å². The summed E-state index contributed by atoms with van der Waals surface area (Å²) in [7, 11) is -3.38. The normalized spacial score (nSPS) is 16.7. The number of benzene rings is 1. The van der Waals surface area contributed by atoms with Gasteiger partial charge in [0.05, 0.1) is 29.1 Å². The Morgan fingerprint density at radius 3 is 2.74 bits per heavy atom. The number of fused-ring (bicyclic) bond motifs is 1. The number of anilines is 2. The molecule has 1 aromatic carbocycles. The van der Waals surface area contributed by atoms with E-state index < -0.39 is 15.8 Å². The first-order valence-electron chi connectivity index (χ1n) is 8.41. The van der Waals surface area contributed by atoms with E-state index in [1.165, 1.54) is 18.2 Å². The zero-order chi connectivity index (χ0) is 19.2. The Bertz CT molecular complexity index is 1010. The van der Waals surface area contributed by atoms with Crippen molar-refractivity contribution in [2.75, 3.05) is 16.6 Å². The number of hydrogen-bond donors (Lipinski definition) is 2. The molecule has 0 atom stereocenters. The molecule has 1 aliphatic carbocycles. The predicted molar refractivity (Wildman–Crippen MR) is 98.6 cm³/mol. The maximum absolute atomic E-state index is 13.2. The largest absolute Gasteiger partial charge is 0.322 e. The minimum atomic E-state index is -3.38. The molecule has 2 N–H and O–H groups in total. The van der Waals surface area contributed by atoms with Crippen molar-refractivity contribution in [1.82, 2.24) is 14.7 Å². The second kappa shape index (κ2) is 6.68. The maximum Gasteiger partial charge on any atom is 0.322 e. The van der Waals surface area contributed by atoms with Crippen molar-refractivity contribution >= 4 is 39.2 Å². The molecule has 2 heterocycles. The summed E-state index contributed by atoms with van der Waals surface area (Å²) in [6, 6.07) is 5.23. The van der Waals surface area contributed by atoms with Crippen LogP contribution in [-0.2, 0) is 23.1 Å². The topological polar surface area (TPSA) is 96.3 Å². The summed E-state index contributed by atoms with van der Waals surface area (Å²) in [5, 5.41) is 6.52. The summed E-state index contributed by atoms with van der Waals surface area (Å²) in [5.41, 5.74) is 1.12. The maximum atomic E-state index is 13.2. The van der Waals surface area contributed by atoms with E-state index in [-0.39, 0.29) is 28.7 Å². The summed E-state index contributed by atoms with van der Waals surface area (Å²) in [4.78, 5) is 14.0. The molecule has 0 saturated heterocycles. The molecule has 144 valence electrons. The summed E-state index contributed by atoms with van der Waals surface area (Å²) >= 11 is 5.72. The first-order chi connectivity index (χ1) is 12.8. The van der Waals surface area contributed by atoms with Crippen LogP contribution in [0.2, 0.25) is 5.02 Å². The molecule has 0 spiro atoms. The molecule has 0 bridgehead atoms. The lowest BCUT2D eigenvalue weighted by Crippen LogP contribution is -2.40. The highest BCUT2D eigenvalue weighted by molar-refractivity contribution is 7.93. The van der Waals surface area contributed by atoms with Crippen LogP contribution in [0.3, 0.4) is 0 Å². The third-order valence-corrected chi connectivity index (χ3v) is 6.60. The monoisotopic (exact) mass is 413 g/mol. The lowest BCUT2D eigenvalue weighted by molar-refractivity contribution is 0.194. The fraction of sp³-hybridized carbons (Fsp3) is 0.375. The van der Waals surface area contributed by atoms with Crippen molar-refractivity contribution in [2.24, 2.45) is 0 Å². The van der Waals surface area contributed by atoms with Crippen molar-refractivity contribution < 1.29 is 17.6 Å². The fourth-order valence-electron chi connectivity index (χ4n) is 2.87. The molecule has 0 unspecified atom stereocenters. The number of rotatable bonds is 4. The molecule has 2 aromatic rings. The molecule has 1 fully saturated rings. The number of hydrogen-bond acceptors (Lipinski definition) is 4. The van der Waals surface area contributed by atoms with Gasteiger partial charge in [0.25, 0.3) is 0 Å². The lowest BCUT2D eigenvalue weighted by Gasteiger charge is -2.27. The number of carbonyl (C=O) groups is 1. The number of sulfonamides is 1. The number of nitrogens with zero attached hydrogens (tertiary/aromatic N) is 3. The van der Waals surface area contributed by atoms with Crippen molar-refractivity contribution in [2.45, 2.75) is 31.2 Å². The third-order valence-electron chi connectivity index (χ3n) is 4.47. The number of amides is 2. The van der Waals surface area contributed by atoms with Gasteiger partial charge in [0.1, 0.15) is 5.82 Å². The first-order valence-corrected chi connectivity index (χ1v) is 10.3. The standard InChI is InChI=1S/C16H17ClFN5O3S/c17-13-7-10(1-4-14(13)18)19-16(24)22-5-6-23-11(9-22)8-15(20-23)21-27(25,26)12-2-3-12/h1,4,7-8,12H,2-3,5-6,9H2,(H,19,24)(H,20,21). The van der Waals surface area contributed by atoms with Crippen molar-refractivity contribution in [3.05, 3.63) is 40.8 Å². The Labute approximate surface area is 160 Å². The van der Waals surface area contributed by atoms with Crippen LogP contribution < -0.4 is 10.0 Å². The molecule has 1 saturated carbocycles. The average molecular weight is 414 g/mol. The first kappa shape index (κ1) is 18.1. The van der Waals surface area contributed by atoms with E-state index in [0.717, 1.165) is 5.69 Å². The van der Waals surface area contributed by atoms with Gasteiger partial charge in [-0.1, -0.05) is 11.6 Å². The predicted octanol–water partition coefficient (Wildman–Crippen LogP) is 2.63. The van der Waals surface area contributed by atoms with Crippen molar-refractivity contribution in [1.29, 1.82) is 0 Å². The number of urea groups is 1. The number of nitrogens with one attached hydrogen (secondary N) is 2. The molecule has 0 radical (unpaired) electrons. The van der Waals surface area contributed by atoms with Gasteiger partial charge < -0.3 is 10.2 Å². The van der Waals surface area contributed by atoms with Crippen LogP contribution in [-0.4, -0.2) is 40.9 Å². The van der Waals surface area contributed by atoms with Gasteiger partial charge in [-0.05, 0) is 31.0 Å². The highest BCUT2D eigenvalue weighted by Crippen LogP contribution is 2.30. The third kappa shape index (κ3) is 3.86. The minimum absolute atomic E-state index is 0.0721. The van der Waals surface area contributed by atoms with Gasteiger partial charge in [0.2, 0.25) is 10.0 Å². The minimum Gasteiger partial charge on any atom is -0.317 e. The van der Waals surface area contributed by atoms with Crippen molar-refractivity contribution in [3.8, 4) is 0 Å². The second-order valence-electron chi connectivity index (χ2n) is 6.57. The summed E-state index contributed by atoms with van der Waals surface area (Å²) in [5.74, 6) is -0.290. The van der Waals surface area contributed by atoms with Crippen LogP contribution in [0, 0.1) is 5.82 Å². The van der Waals surface area contributed by atoms with Crippen LogP contribution in [0.25, 0.3) is 0 Å². The highest BCUT2D eigenvalue weighted by Gasteiger charge is 2.36. The zero-order valence-corrected chi connectivity index (χ0v) is 15.7. The summed E-state index contributed by atoms with van der Waals surface area (Å²) in [6.07, 6.45) is 1.34. The molecule has 8 nitrogen and oxygen atoms in total. The van der Waals surface area contributed by atoms with E-state index >= 15 is 0 Å². The smallest absolute Gasteiger partial charge is 0.317 e. The van der Waals surface area contributed by atoms with Gasteiger partial charge in [-0.3, -0.25) is 9.40 Å². The lowest BCUT2D eigenvalue weighted by atomic mass is 10.3. The van der Waals surface area contributed by atoms with Crippen LogP contribution in [0.5, 0.6) is 0 Å². The number of aromatic nitrogens is 2. The Morgan fingerprint density at radius 1 is 1.26 bits per heavy atom. The molecular formula is C16H17ClFN5O3S. The summed E-state index contributed by atoms with van der Waals surface area (Å²) in [6.45, 7) is 1.13. The number of halogens is 2. The van der Waals surface area contributed by atoms with E-state index in [2.05, 4.69) is 15.1 Å². The molecule has 2 amide bonds. The molecular weight excluding hydrogens is 397 g/mol. The molecule has 2 aliphatic rings. The Morgan fingerprint density at radius 2 is 2.04 bits per heavy atom. The Balaban J connectivity index is 1.43. The highest BCUT2D eigenvalue weighted by atomic mass is 35.5. The van der Waals surface area contributed by atoms with E-state index in [0.29, 0.717) is 31.6 Å². The van der Waals surface area contributed by atoms with Gasteiger partial charge in [0, 0.05) is 18.3 Å². The SMILES string of the molecule is O=C(Nc1ccc(F)c(Cl)c1)N1CCn2nc(NS(=O)(=O)C3CC3)cc2C1. The van der Waals surface area contributed by atoms with Gasteiger partial charge in [-0.2, -0.15) is 5.10 Å². The summed E-state index contributed by atoms with van der Waals surface area (Å²) < 4.78 is 41.5. The Kier molecular flexibility index (Phi) is 4.47. The van der Waals surface area contributed by atoms with Crippen LogP contribution in [0.4, 0.5) is 20.7 Å². The number of carbonyl (C=O) groups excluding carboxylic acids is 1. The fourth-order valence-corrected chi connectivity index (χ4v) is 4.37. The molecule has 1 aromatic heterocycles. The quantitative estimate of drug-likeness (QED) is 0.805.